The molecule has 0 spiro atoms. The highest BCUT2D eigenvalue weighted by atomic mass is 32.2. The summed E-state index contributed by atoms with van der Waals surface area (Å²) in [6.45, 7) is 4.06. The van der Waals surface area contributed by atoms with E-state index >= 15 is 0 Å². The molecule has 1 aliphatic rings. The number of rotatable bonds is 2. The maximum atomic E-state index is 10.6. The van der Waals surface area contributed by atoms with Crippen molar-refractivity contribution in [2.24, 2.45) is 0 Å². The highest BCUT2D eigenvalue weighted by Gasteiger charge is 2.19. The van der Waals surface area contributed by atoms with Gasteiger partial charge < -0.3 is 10.6 Å². The number of hydrogen-bond acceptors (Lipinski definition) is 5. The normalized spacial score (nSPS) is 20.3. The highest BCUT2D eigenvalue weighted by Crippen LogP contribution is 2.30. The molecule has 1 aromatic carbocycles. The van der Waals surface area contributed by atoms with E-state index in [4.69, 9.17) is 5.73 Å². The summed E-state index contributed by atoms with van der Waals surface area (Å²) in [5, 5.41) is 11.2. The van der Waals surface area contributed by atoms with E-state index in [9.17, 15) is 10.1 Å². The fourth-order valence-corrected chi connectivity index (χ4v) is 2.99. The van der Waals surface area contributed by atoms with Crippen molar-refractivity contribution in [3.8, 4) is 0 Å². The third kappa shape index (κ3) is 2.63. The van der Waals surface area contributed by atoms with Crippen LogP contribution in [0.25, 0.3) is 0 Å². The molecule has 1 fully saturated rings. The van der Waals surface area contributed by atoms with Crippen LogP contribution >= 0.6 is 11.8 Å². The first kappa shape index (κ1) is 12.0. The van der Waals surface area contributed by atoms with Crippen LogP contribution in [0.5, 0.6) is 0 Å². The van der Waals surface area contributed by atoms with Crippen LogP contribution in [0.2, 0.25) is 0 Å². The SMILES string of the molecule is CC1CN(c2ccc([N+](=O)[O-])cc2N)CCS1. The van der Waals surface area contributed by atoms with Gasteiger partial charge in [0.25, 0.3) is 5.69 Å². The van der Waals surface area contributed by atoms with E-state index in [2.05, 4.69) is 11.8 Å². The van der Waals surface area contributed by atoms with Gasteiger partial charge >= 0.3 is 0 Å². The molecule has 1 aromatic rings. The van der Waals surface area contributed by atoms with Gasteiger partial charge in [-0.3, -0.25) is 10.1 Å². The molecule has 92 valence electrons. The Morgan fingerprint density at radius 2 is 2.35 bits per heavy atom. The Morgan fingerprint density at radius 1 is 1.59 bits per heavy atom. The average Bonchev–Trinajstić information content (AvgIpc) is 2.28. The van der Waals surface area contributed by atoms with Crippen LogP contribution in [0.3, 0.4) is 0 Å². The summed E-state index contributed by atoms with van der Waals surface area (Å²) in [4.78, 5) is 12.4. The molecule has 17 heavy (non-hydrogen) atoms. The zero-order valence-corrected chi connectivity index (χ0v) is 10.4. The first-order valence-electron chi connectivity index (χ1n) is 5.48. The number of nitrogens with zero attached hydrogens (tertiary/aromatic N) is 2. The molecule has 1 unspecified atom stereocenters. The van der Waals surface area contributed by atoms with Gasteiger partial charge in [-0.25, -0.2) is 0 Å². The number of non-ortho nitro benzene ring substituents is 1. The van der Waals surface area contributed by atoms with Crippen molar-refractivity contribution in [1.82, 2.24) is 0 Å². The molecule has 0 radical (unpaired) electrons. The number of nitro groups is 1. The molecule has 2 N–H and O–H groups in total. The van der Waals surface area contributed by atoms with Crippen molar-refractivity contribution in [2.45, 2.75) is 12.2 Å². The second-order valence-corrected chi connectivity index (χ2v) is 5.67. The smallest absolute Gasteiger partial charge is 0.271 e. The number of nitrogens with two attached hydrogens (primary N) is 1. The Labute approximate surface area is 104 Å². The molecule has 6 heteroatoms. The molecule has 1 atom stereocenters. The van der Waals surface area contributed by atoms with E-state index in [1.807, 2.05) is 11.8 Å². The lowest BCUT2D eigenvalue weighted by Gasteiger charge is -2.33. The molecular formula is C11H15N3O2S. The standard InChI is InChI=1S/C11H15N3O2S/c1-8-7-13(4-5-17-8)11-3-2-9(14(15)16)6-10(11)12/h2-3,6,8H,4-5,7,12H2,1H3. The van der Waals surface area contributed by atoms with E-state index < -0.39 is 4.92 Å². The van der Waals surface area contributed by atoms with Gasteiger partial charge in [-0.15, -0.1) is 0 Å². The third-order valence-corrected chi connectivity index (χ3v) is 3.94. The molecule has 0 saturated carbocycles. The Kier molecular flexibility index (Phi) is 3.42. The van der Waals surface area contributed by atoms with Gasteiger partial charge in [0.15, 0.2) is 0 Å². The molecule has 0 bridgehead atoms. The van der Waals surface area contributed by atoms with E-state index in [1.54, 1.807) is 6.07 Å². The Balaban J connectivity index is 2.23. The van der Waals surface area contributed by atoms with Crippen molar-refractivity contribution >= 4 is 28.8 Å². The molecule has 0 aromatic heterocycles. The lowest BCUT2D eigenvalue weighted by Crippen LogP contribution is -2.37. The summed E-state index contributed by atoms with van der Waals surface area (Å²) < 4.78 is 0. The Hall–Kier alpha value is -1.43. The summed E-state index contributed by atoms with van der Waals surface area (Å²) in [5.41, 5.74) is 7.32. The Morgan fingerprint density at radius 3 is 2.94 bits per heavy atom. The van der Waals surface area contributed by atoms with Crippen LogP contribution in [0.1, 0.15) is 6.92 Å². The monoisotopic (exact) mass is 253 g/mol. The molecule has 0 amide bonds. The fraction of sp³-hybridized carbons (Fsp3) is 0.455. The van der Waals surface area contributed by atoms with Gasteiger partial charge in [-0.1, -0.05) is 6.92 Å². The van der Waals surface area contributed by atoms with Gasteiger partial charge in [0.2, 0.25) is 0 Å². The number of hydrogen-bond donors (Lipinski definition) is 1. The molecule has 1 saturated heterocycles. The third-order valence-electron chi connectivity index (χ3n) is 2.80. The summed E-state index contributed by atoms with van der Waals surface area (Å²) in [5.74, 6) is 1.07. The van der Waals surface area contributed by atoms with Crippen molar-refractivity contribution in [3.05, 3.63) is 28.3 Å². The minimum absolute atomic E-state index is 0.0469. The quantitative estimate of drug-likeness (QED) is 0.496. The van der Waals surface area contributed by atoms with Crippen LogP contribution in [0.15, 0.2) is 18.2 Å². The molecule has 1 heterocycles. The van der Waals surface area contributed by atoms with Gasteiger partial charge in [-0.2, -0.15) is 11.8 Å². The van der Waals surface area contributed by atoms with E-state index in [-0.39, 0.29) is 5.69 Å². The van der Waals surface area contributed by atoms with Crippen molar-refractivity contribution in [2.75, 3.05) is 29.5 Å². The first-order valence-corrected chi connectivity index (χ1v) is 6.53. The zero-order valence-electron chi connectivity index (χ0n) is 9.63. The molecule has 1 aliphatic heterocycles. The second-order valence-electron chi connectivity index (χ2n) is 4.13. The van der Waals surface area contributed by atoms with Crippen molar-refractivity contribution in [3.63, 3.8) is 0 Å². The maximum Gasteiger partial charge on any atom is 0.271 e. The maximum absolute atomic E-state index is 10.6. The van der Waals surface area contributed by atoms with Gasteiger partial charge in [0, 0.05) is 36.2 Å². The lowest BCUT2D eigenvalue weighted by atomic mass is 10.2. The van der Waals surface area contributed by atoms with Gasteiger partial charge in [0.05, 0.1) is 16.3 Å². The second kappa shape index (κ2) is 4.83. The van der Waals surface area contributed by atoms with Gasteiger partial charge in [0.1, 0.15) is 0 Å². The van der Waals surface area contributed by atoms with Crippen molar-refractivity contribution < 1.29 is 4.92 Å². The predicted octanol–water partition coefficient (Wildman–Crippen LogP) is 2.12. The summed E-state index contributed by atoms with van der Waals surface area (Å²) in [6, 6.07) is 4.69. The first-order chi connectivity index (χ1) is 8.08. The van der Waals surface area contributed by atoms with Crippen LogP contribution in [0.4, 0.5) is 17.1 Å². The van der Waals surface area contributed by atoms with E-state index in [1.165, 1.54) is 12.1 Å². The number of benzene rings is 1. The highest BCUT2D eigenvalue weighted by molar-refractivity contribution is 8.00. The lowest BCUT2D eigenvalue weighted by molar-refractivity contribution is -0.384. The molecule has 2 rings (SSSR count). The van der Waals surface area contributed by atoms with Crippen LogP contribution in [-0.2, 0) is 0 Å². The van der Waals surface area contributed by atoms with Crippen LogP contribution < -0.4 is 10.6 Å². The predicted molar refractivity (Wildman–Crippen MR) is 71.6 cm³/mol. The van der Waals surface area contributed by atoms with E-state index in [0.29, 0.717) is 10.9 Å². The molecular weight excluding hydrogens is 238 g/mol. The van der Waals surface area contributed by atoms with Crippen molar-refractivity contribution in [1.29, 1.82) is 0 Å². The average molecular weight is 253 g/mol. The number of anilines is 2. The molecule has 5 nitrogen and oxygen atoms in total. The largest absolute Gasteiger partial charge is 0.397 e. The summed E-state index contributed by atoms with van der Waals surface area (Å²) in [7, 11) is 0. The number of thioether (sulfide) groups is 1. The molecule has 0 aliphatic carbocycles. The zero-order chi connectivity index (χ0) is 12.4. The van der Waals surface area contributed by atoms with E-state index in [0.717, 1.165) is 24.5 Å². The number of nitro benzene ring substituents is 1. The summed E-state index contributed by atoms with van der Waals surface area (Å²) >= 11 is 1.94. The number of nitrogen functional groups attached to an aromatic ring is 1. The van der Waals surface area contributed by atoms with Crippen LogP contribution in [0, 0.1) is 10.1 Å². The minimum atomic E-state index is -0.422. The van der Waals surface area contributed by atoms with Crippen LogP contribution in [-0.4, -0.2) is 29.0 Å². The fourth-order valence-electron chi connectivity index (χ4n) is 1.98. The Bertz CT molecular complexity index is 439. The van der Waals surface area contributed by atoms with Gasteiger partial charge in [-0.05, 0) is 6.07 Å². The summed E-state index contributed by atoms with van der Waals surface area (Å²) in [6.07, 6.45) is 0. The topological polar surface area (TPSA) is 72.4 Å². The minimum Gasteiger partial charge on any atom is -0.397 e.